The highest BCUT2D eigenvalue weighted by Crippen LogP contribution is 2.31. The molecule has 0 bridgehead atoms. The van der Waals surface area contributed by atoms with Crippen LogP contribution in [-0.4, -0.2) is 12.6 Å². The Balaban J connectivity index is 2.36. The van der Waals surface area contributed by atoms with Gasteiger partial charge in [0.2, 0.25) is 0 Å². The molecule has 1 heterocycles. The zero-order chi connectivity index (χ0) is 10.8. The van der Waals surface area contributed by atoms with Crippen LogP contribution >= 0.6 is 0 Å². The molecular weight excluding hydrogens is 196 g/mol. The second-order valence-corrected chi connectivity index (χ2v) is 3.97. The van der Waals surface area contributed by atoms with E-state index in [1.54, 1.807) is 0 Å². The van der Waals surface area contributed by atoms with E-state index in [0.29, 0.717) is 0 Å². The predicted molar refractivity (Wildman–Crippen MR) is 57.0 cm³/mol. The predicted octanol–water partition coefficient (Wildman–Crippen LogP) is 3.34. The summed E-state index contributed by atoms with van der Waals surface area (Å²) in [5.41, 5.74) is 0.154. The maximum Gasteiger partial charge on any atom is 0.149 e. The van der Waals surface area contributed by atoms with Crippen LogP contribution in [0.4, 0.5) is 14.5 Å². The largest absolute Gasteiger partial charge is 0.364 e. The summed E-state index contributed by atoms with van der Waals surface area (Å²) in [7, 11) is 0. The first-order chi connectivity index (χ1) is 7.24. The molecule has 0 spiro atoms. The Morgan fingerprint density at radius 2 is 2.00 bits per heavy atom. The van der Waals surface area contributed by atoms with Gasteiger partial charge in [0.25, 0.3) is 0 Å². The van der Waals surface area contributed by atoms with Crippen molar-refractivity contribution >= 4 is 5.69 Å². The van der Waals surface area contributed by atoms with Crippen molar-refractivity contribution in [1.29, 1.82) is 0 Å². The number of nitrogens with zero attached hydrogens (tertiary/aromatic N) is 1. The Kier molecular flexibility index (Phi) is 2.89. The first-order valence-electron chi connectivity index (χ1n) is 5.44. The third-order valence-corrected chi connectivity index (χ3v) is 3.07. The zero-order valence-electron chi connectivity index (χ0n) is 8.84. The number of benzene rings is 1. The van der Waals surface area contributed by atoms with Crippen molar-refractivity contribution in [1.82, 2.24) is 0 Å². The topological polar surface area (TPSA) is 3.24 Å². The lowest BCUT2D eigenvalue weighted by molar-refractivity contribution is 0.556. The monoisotopic (exact) mass is 211 g/mol. The molecule has 0 amide bonds. The van der Waals surface area contributed by atoms with Gasteiger partial charge < -0.3 is 4.90 Å². The summed E-state index contributed by atoms with van der Waals surface area (Å²) >= 11 is 0. The molecule has 0 aromatic heterocycles. The highest BCUT2D eigenvalue weighted by molar-refractivity contribution is 5.50. The van der Waals surface area contributed by atoms with Crippen LogP contribution < -0.4 is 4.90 Å². The lowest BCUT2D eigenvalue weighted by atomic mass is 10.1. The molecule has 1 aromatic rings. The van der Waals surface area contributed by atoms with E-state index in [0.717, 1.165) is 25.8 Å². The second-order valence-electron chi connectivity index (χ2n) is 3.97. The van der Waals surface area contributed by atoms with Gasteiger partial charge in [-0.15, -0.1) is 0 Å². The summed E-state index contributed by atoms with van der Waals surface area (Å²) in [6.45, 7) is 2.82. The Labute approximate surface area is 88.7 Å². The van der Waals surface area contributed by atoms with Gasteiger partial charge in [0.1, 0.15) is 17.3 Å². The zero-order valence-corrected chi connectivity index (χ0v) is 8.84. The first-order valence-corrected chi connectivity index (χ1v) is 5.44. The molecule has 2 rings (SSSR count). The van der Waals surface area contributed by atoms with Gasteiger partial charge in [0, 0.05) is 12.6 Å². The van der Waals surface area contributed by atoms with Crippen LogP contribution in [0.3, 0.4) is 0 Å². The maximum absolute atomic E-state index is 13.5. The number of para-hydroxylation sites is 1. The minimum atomic E-state index is -0.449. The molecular formula is C12H15F2N. The van der Waals surface area contributed by atoms with Crippen molar-refractivity contribution in [2.75, 3.05) is 11.4 Å². The van der Waals surface area contributed by atoms with E-state index in [1.807, 2.05) is 4.90 Å². The standard InChI is InChI=1S/C12H15F2N/c1-2-9-5-4-8-15(9)12-10(13)6-3-7-11(12)14/h3,6-7,9H,2,4-5,8H2,1H3. The van der Waals surface area contributed by atoms with Crippen LogP contribution in [0.1, 0.15) is 26.2 Å². The van der Waals surface area contributed by atoms with Gasteiger partial charge in [-0.25, -0.2) is 8.78 Å². The average molecular weight is 211 g/mol. The molecule has 82 valence electrons. The van der Waals surface area contributed by atoms with Crippen LogP contribution in [0.2, 0.25) is 0 Å². The molecule has 0 saturated carbocycles. The average Bonchev–Trinajstić information content (AvgIpc) is 2.65. The van der Waals surface area contributed by atoms with E-state index in [-0.39, 0.29) is 11.7 Å². The summed E-state index contributed by atoms with van der Waals surface area (Å²) in [6, 6.07) is 4.34. The van der Waals surface area contributed by atoms with Gasteiger partial charge >= 0.3 is 0 Å². The van der Waals surface area contributed by atoms with Crippen LogP contribution in [-0.2, 0) is 0 Å². The lowest BCUT2D eigenvalue weighted by Crippen LogP contribution is -2.30. The Morgan fingerprint density at radius 1 is 1.33 bits per heavy atom. The third-order valence-electron chi connectivity index (χ3n) is 3.07. The summed E-state index contributed by atoms with van der Waals surface area (Å²) in [5, 5.41) is 0. The van der Waals surface area contributed by atoms with Crippen LogP contribution in [0, 0.1) is 11.6 Å². The normalized spacial score (nSPS) is 21.0. The molecule has 1 unspecified atom stereocenters. The highest BCUT2D eigenvalue weighted by atomic mass is 19.1. The van der Waals surface area contributed by atoms with Crippen LogP contribution in [0.15, 0.2) is 18.2 Å². The fraction of sp³-hybridized carbons (Fsp3) is 0.500. The molecule has 1 aromatic carbocycles. The summed E-state index contributed by atoms with van der Waals surface area (Å²) < 4.78 is 27.1. The molecule has 1 aliphatic rings. The fourth-order valence-electron chi connectivity index (χ4n) is 2.32. The molecule has 0 radical (unpaired) electrons. The van der Waals surface area contributed by atoms with Crippen LogP contribution in [0.25, 0.3) is 0 Å². The van der Waals surface area contributed by atoms with Gasteiger partial charge in [-0.1, -0.05) is 13.0 Å². The minimum absolute atomic E-state index is 0.154. The minimum Gasteiger partial charge on any atom is -0.364 e. The number of rotatable bonds is 2. The van der Waals surface area contributed by atoms with Crippen molar-refractivity contribution in [3.63, 3.8) is 0 Å². The van der Waals surface area contributed by atoms with Crippen molar-refractivity contribution in [3.05, 3.63) is 29.8 Å². The maximum atomic E-state index is 13.5. The SMILES string of the molecule is CCC1CCCN1c1c(F)cccc1F. The molecule has 3 heteroatoms. The molecule has 1 nitrogen and oxygen atoms in total. The fourth-order valence-corrected chi connectivity index (χ4v) is 2.32. The number of hydrogen-bond acceptors (Lipinski definition) is 1. The van der Waals surface area contributed by atoms with Crippen molar-refractivity contribution < 1.29 is 8.78 Å². The van der Waals surface area contributed by atoms with E-state index >= 15 is 0 Å². The van der Waals surface area contributed by atoms with Crippen LogP contribution in [0.5, 0.6) is 0 Å². The summed E-state index contributed by atoms with van der Waals surface area (Å²) in [6.07, 6.45) is 2.99. The molecule has 1 aliphatic heterocycles. The van der Waals surface area contributed by atoms with Gasteiger partial charge in [0.15, 0.2) is 0 Å². The molecule has 0 N–H and O–H groups in total. The molecule has 1 atom stereocenters. The van der Waals surface area contributed by atoms with E-state index < -0.39 is 11.6 Å². The van der Waals surface area contributed by atoms with Crippen molar-refractivity contribution in [3.8, 4) is 0 Å². The van der Waals surface area contributed by atoms with Gasteiger partial charge in [-0.05, 0) is 31.4 Å². The lowest BCUT2D eigenvalue weighted by Gasteiger charge is -2.26. The van der Waals surface area contributed by atoms with Crippen molar-refractivity contribution in [2.24, 2.45) is 0 Å². The Hall–Kier alpha value is -1.12. The first kappa shape index (κ1) is 10.4. The number of hydrogen-bond donors (Lipinski definition) is 0. The summed E-state index contributed by atoms with van der Waals surface area (Å²) in [4.78, 5) is 1.87. The molecule has 15 heavy (non-hydrogen) atoms. The number of anilines is 1. The van der Waals surface area contributed by atoms with E-state index in [1.165, 1.54) is 18.2 Å². The van der Waals surface area contributed by atoms with E-state index in [2.05, 4.69) is 6.92 Å². The quantitative estimate of drug-likeness (QED) is 0.725. The molecule has 1 fully saturated rings. The summed E-state index contributed by atoms with van der Waals surface area (Å²) in [5.74, 6) is -0.897. The van der Waals surface area contributed by atoms with Crippen molar-refractivity contribution in [2.45, 2.75) is 32.2 Å². The number of halogens is 2. The van der Waals surface area contributed by atoms with E-state index in [9.17, 15) is 8.78 Å². The molecule has 0 aliphatic carbocycles. The Morgan fingerprint density at radius 3 is 2.60 bits per heavy atom. The molecule has 1 saturated heterocycles. The smallest absolute Gasteiger partial charge is 0.149 e. The van der Waals surface area contributed by atoms with Gasteiger partial charge in [-0.2, -0.15) is 0 Å². The van der Waals surface area contributed by atoms with Gasteiger partial charge in [-0.3, -0.25) is 0 Å². The highest BCUT2D eigenvalue weighted by Gasteiger charge is 2.27. The second kappa shape index (κ2) is 4.17. The van der Waals surface area contributed by atoms with E-state index in [4.69, 9.17) is 0 Å². The Bertz CT molecular complexity index is 331. The third kappa shape index (κ3) is 1.83. The van der Waals surface area contributed by atoms with Gasteiger partial charge in [0.05, 0.1) is 0 Å².